The fourth-order valence-corrected chi connectivity index (χ4v) is 3.59. The normalized spacial score (nSPS) is 13.6. The predicted octanol–water partition coefficient (Wildman–Crippen LogP) is 5.42. The Labute approximate surface area is 231 Å². The summed E-state index contributed by atoms with van der Waals surface area (Å²) in [6.45, 7) is 5.87. The van der Waals surface area contributed by atoms with Crippen LogP contribution < -0.4 is 15.2 Å². The highest BCUT2D eigenvalue weighted by Gasteiger charge is 2.44. The van der Waals surface area contributed by atoms with E-state index in [2.05, 4.69) is 0 Å². The highest BCUT2D eigenvalue weighted by molar-refractivity contribution is 6.05. The molecule has 1 unspecified atom stereocenters. The molecule has 1 N–H and O–H groups in total. The van der Waals surface area contributed by atoms with Crippen molar-refractivity contribution in [1.82, 2.24) is 5.32 Å². The number of rotatable bonds is 10. The monoisotopic (exact) mass is 592 g/mol. The number of aliphatic carboxylic acids is 1. The molecule has 1 amide bonds. The number of benzene rings is 2. The highest BCUT2D eigenvalue weighted by atomic mass is 19.4. The van der Waals surface area contributed by atoms with Crippen molar-refractivity contribution in [1.29, 1.82) is 0 Å². The minimum absolute atomic E-state index is 0.00532. The van der Waals surface area contributed by atoms with Crippen molar-refractivity contribution in [2.45, 2.75) is 70.4 Å². The molecule has 0 saturated heterocycles. The fraction of sp³-hybridized carbons (Fsp3) is 0.444. The van der Waals surface area contributed by atoms with Crippen LogP contribution in [-0.2, 0) is 37.8 Å². The summed E-state index contributed by atoms with van der Waals surface area (Å²) >= 11 is 0. The Kier molecular flexibility index (Phi) is 10.3. The minimum Gasteiger partial charge on any atom is -0.547 e. The van der Waals surface area contributed by atoms with Crippen LogP contribution in [0.4, 0.5) is 31.1 Å². The molecule has 0 spiro atoms. The number of alkyl halides is 6. The second-order valence-electron chi connectivity index (χ2n) is 9.88. The van der Waals surface area contributed by atoms with Crippen molar-refractivity contribution in [3.63, 3.8) is 0 Å². The standard InChI is InChI=1S/C27H29F6NO7/c1-5-39-22(37)25(21(35)36,34-23(38)41-24(2,3)4)12-6-7-16-8-10-19(11-9-16)40-20-14-17(26(28,29)30)13-18(15-20)27(31,32)33/h8-11,13-15H,5-7,12H2,1-4H3,(H,34,38)(H,35,36)/p-1. The molecule has 0 saturated carbocycles. The number of aryl methyl sites for hydroxylation is 1. The number of ether oxygens (including phenoxy) is 3. The largest absolute Gasteiger partial charge is 0.547 e. The van der Waals surface area contributed by atoms with Gasteiger partial charge in [-0.1, -0.05) is 12.1 Å². The second kappa shape index (κ2) is 12.7. The Bertz CT molecular complexity index is 1200. The molecule has 0 radical (unpaired) electrons. The van der Waals surface area contributed by atoms with Gasteiger partial charge in [-0.15, -0.1) is 0 Å². The topological polar surface area (TPSA) is 114 Å². The van der Waals surface area contributed by atoms with Crippen molar-refractivity contribution < 1.29 is 60.0 Å². The number of carbonyl (C=O) groups is 3. The van der Waals surface area contributed by atoms with Crippen LogP contribution in [0.3, 0.4) is 0 Å². The first kappa shape index (κ1) is 33.2. The molecule has 0 heterocycles. The van der Waals surface area contributed by atoms with Gasteiger partial charge in [0.15, 0.2) is 5.54 Å². The Morgan fingerprint density at radius 3 is 1.83 bits per heavy atom. The number of esters is 1. The van der Waals surface area contributed by atoms with E-state index in [9.17, 15) is 45.8 Å². The van der Waals surface area contributed by atoms with Crippen molar-refractivity contribution in [3.8, 4) is 11.5 Å². The molecule has 226 valence electrons. The number of hydrogen-bond acceptors (Lipinski definition) is 7. The predicted molar refractivity (Wildman–Crippen MR) is 130 cm³/mol. The van der Waals surface area contributed by atoms with Crippen molar-refractivity contribution in [2.75, 3.05) is 6.61 Å². The lowest BCUT2D eigenvalue weighted by Gasteiger charge is -2.34. The molecular weight excluding hydrogens is 564 g/mol. The van der Waals surface area contributed by atoms with Crippen LogP contribution in [0.15, 0.2) is 42.5 Å². The van der Waals surface area contributed by atoms with E-state index in [-0.39, 0.29) is 31.3 Å². The third kappa shape index (κ3) is 9.57. The molecule has 41 heavy (non-hydrogen) atoms. The average Bonchev–Trinajstić information content (AvgIpc) is 2.82. The third-order valence-corrected chi connectivity index (χ3v) is 5.42. The lowest BCUT2D eigenvalue weighted by Crippen LogP contribution is -2.65. The number of nitrogens with one attached hydrogen (secondary N) is 1. The number of carboxylic acids is 1. The van der Waals surface area contributed by atoms with Crippen LogP contribution in [0.5, 0.6) is 11.5 Å². The van der Waals surface area contributed by atoms with Gasteiger partial charge in [0.25, 0.3) is 0 Å². The van der Waals surface area contributed by atoms with E-state index in [1.165, 1.54) is 52.0 Å². The second-order valence-corrected chi connectivity index (χ2v) is 9.88. The van der Waals surface area contributed by atoms with Crippen LogP contribution in [-0.4, -0.2) is 35.8 Å². The highest BCUT2D eigenvalue weighted by Crippen LogP contribution is 2.39. The van der Waals surface area contributed by atoms with Crippen LogP contribution in [0.2, 0.25) is 0 Å². The molecule has 0 aliphatic heterocycles. The number of amides is 1. The van der Waals surface area contributed by atoms with Gasteiger partial charge in [-0.3, -0.25) is 0 Å². The first-order valence-corrected chi connectivity index (χ1v) is 12.2. The van der Waals surface area contributed by atoms with Crippen LogP contribution >= 0.6 is 0 Å². The Hall–Kier alpha value is -3.97. The zero-order chi connectivity index (χ0) is 31.2. The summed E-state index contributed by atoms with van der Waals surface area (Å²) < 4.78 is 93.7. The summed E-state index contributed by atoms with van der Waals surface area (Å²) in [6, 6.07) is 6.33. The molecular formula is C27H28F6NO7-. The van der Waals surface area contributed by atoms with Crippen LogP contribution in [0.1, 0.15) is 57.2 Å². The van der Waals surface area contributed by atoms with Gasteiger partial charge in [-0.2, -0.15) is 26.3 Å². The number of alkyl carbamates (subject to hydrolysis) is 1. The van der Waals surface area contributed by atoms with Gasteiger partial charge in [0.1, 0.15) is 17.1 Å². The van der Waals surface area contributed by atoms with E-state index >= 15 is 0 Å². The summed E-state index contributed by atoms with van der Waals surface area (Å²) in [5.41, 5.74) is -6.07. The van der Waals surface area contributed by atoms with Gasteiger partial charge < -0.3 is 29.4 Å². The lowest BCUT2D eigenvalue weighted by atomic mass is 9.91. The molecule has 0 aromatic heterocycles. The molecule has 0 bridgehead atoms. The fourth-order valence-electron chi connectivity index (χ4n) is 3.59. The molecule has 8 nitrogen and oxygen atoms in total. The van der Waals surface area contributed by atoms with Crippen molar-refractivity contribution in [3.05, 3.63) is 59.2 Å². The maximum atomic E-state index is 13.1. The zero-order valence-corrected chi connectivity index (χ0v) is 22.5. The summed E-state index contributed by atoms with van der Waals surface area (Å²) in [4.78, 5) is 36.9. The summed E-state index contributed by atoms with van der Waals surface area (Å²) in [6.07, 6.45) is -11.6. The molecule has 0 aliphatic carbocycles. The van der Waals surface area contributed by atoms with Gasteiger partial charge in [-0.05, 0) is 82.9 Å². The van der Waals surface area contributed by atoms with Crippen LogP contribution in [0.25, 0.3) is 0 Å². The van der Waals surface area contributed by atoms with Gasteiger partial charge in [0.05, 0.1) is 23.7 Å². The maximum absolute atomic E-state index is 13.1. The van der Waals surface area contributed by atoms with E-state index in [0.717, 1.165) is 0 Å². The first-order valence-electron chi connectivity index (χ1n) is 12.2. The molecule has 2 rings (SSSR count). The SMILES string of the molecule is CCOC(=O)C(CCCc1ccc(Oc2cc(C(F)(F)F)cc(C(F)(F)F)c2)cc1)(NC(=O)OC(C)(C)C)C(=O)[O-]. The quantitative estimate of drug-likeness (QED) is 0.223. The van der Waals surface area contributed by atoms with Gasteiger partial charge in [-0.25, -0.2) is 9.59 Å². The third-order valence-electron chi connectivity index (χ3n) is 5.42. The van der Waals surface area contributed by atoms with Crippen molar-refractivity contribution >= 4 is 18.0 Å². The van der Waals surface area contributed by atoms with Gasteiger partial charge in [0, 0.05) is 0 Å². The molecule has 0 aliphatic rings. The maximum Gasteiger partial charge on any atom is 0.416 e. The first-order chi connectivity index (χ1) is 18.8. The smallest absolute Gasteiger partial charge is 0.416 e. The number of hydrogen-bond donors (Lipinski definition) is 1. The number of carboxylic acid groups (broad SMARTS) is 1. The summed E-state index contributed by atoms with van der Waals surface area (Å²) in [7, 11) is 0. The molecule has 2 aromatic carbocycles. The van der Waals surface area contributed by atoms with Gasteiger partial charge >= 0.3 is 24.4 Å². The minimum atomic E-state index is -5.04. The zero-order valence-electron chi connectivity index (χ0n) is 22.5. The Balaban J connectivity index is 2.19. The van der Waals surface area contributed by atoms with E-state index in [1.807, 2.05) is 5.32 Å². The molecule has 0 fully saturated rings. The van der Waals surface area contributed by atoms with Crippen LogP contribution in [0, 0.1) is 0 Å². The summed E-state index contributed by atoms with van der Waals surface area (Å²) in [5, 5.41) is 14.1. The van der Waals surface area contributed by atoms with E-state index < -0.39 is 64.8 Å². The van der Waals surface area contributed by atoms with Gasteiger partial charge in [0.2, 0.25) is 0 Å². The lowest BCUT2D eigenvalue weighted by molar-refractivity contribution is -0.313. The van der Waals surface area contributed by atoms with Crippen molar-refractivity contribution in [2.24, 2.45) is 0 Å². The average molecular weight is 593 g/mol. The van der Waals surface area contributed by atoms with E-state index in [4.69, 9.17) is 14.2 Å². The number of carbonyl (C=O) groups excluding carboxylic acids is 3. The molecule has 2 aromatic rings. The Morgan fingerprint density at radius 2 is 1.39 bits per heavy atom. The van der Waals surface area contributed by atoms with E-state index in [0.29, 0.717) is 17.7 Å². The van der Waals surface area contributed by atoms with E-state index in [1.54, 1.807) is 0 Å². The Morgan fingerprint density at radius 1 is 0.854 bits per heavy atom. The number of halogens is 6. The molecule has 14 heteroatoms. The molecule has 1 atom stereocenters. The summed E-state index contributed by atoms with van der Waals surface area (Å²) in [5.74, 6) is -3.91.